The van der Waals surface area contributed by atoms with Gasteiger partial charge in [0.25, 0.3) is 0 Å². The Morgan fingerprint density at radius 2 is 1.92 bits per heavy atom. The third-order valence-corrected chi connectivity index (χ3v) is 1.68. The van der Waals surface area contributed by atoms with Gasteiger partial charge in [-0.2, -0.15) is 0 Å². The lowest BCUT2D eigenvalue weighted by molar-refractivity contribution is -0.140. The van der Waals surface area contributed by atoms with Gasteiger partial charge >= 0.3 is 5.97 Å². The quantitative estimate of drug-likeness (QED) is 0.333. The van der Waals surface area contributed by atoms with Gasteiger partial charge in [0.1, 0.15) is 6.29 Å². The van der Waals surface area contributed by atoms with Crippen molar-refractivity contribution < 1.29 is 14.3 Å². The fourth-order valence-electron chi connectivity index (χ4n) is 0.953. The third kappa shape index (κ3) is 7.25. The Bertz CT molecular complexity index is 132. The monoisotopic (exact) mass is 172 g/mol. The van der Waals surface area contributed by atoms with Crippen LogP contribution in [0.3, 0.4) is 0 Å². The Labute approximate surface area is 73.1 Å². The summed E-state index contributed by atoms with van der Waals surface area (Å²) in [6.07, 6.45) is 5.89. The van der Waals surface area contributed by atoms with Gasteiger partial charge in [0.2, 0.25) is 0 Å². The molecule has 0 saturated carbocycles. The molecule has 3 heteroatoms. The Balaban J connectivity index is 3.00. The average Bonchev–Trinajstić information content (AvgIpc) is 2.10. The maximum absolute atomic E-state index is 10.6. The second-order valence-corrected chi connectivity index (χ2v) is 2.70. The van der Waals surface area contributed by atoms with Crippen molar-refractivity contribution >= 4 is 12.3 Å². The summed E-state index contributed by atoms with van der Waals surface area (Å²) in [6, 6.07) is 0. The van der Waals surface area contributed by atoms with Crippen molar-refractivity contribution in [1.82, 2.24) is 0 Å². The van der Waals surface area contributed by atoms with Crippen LogP contribution in [0.25, 0.3) is 0 Å². The molecule has 0 aromatic carbocycles. The van der Waals surface area contributed by atoms with E-state index in [2.05, 4.69) is 4.74 Å². The largest absolute Gasteiger partial charge is 0.469 e. The number of rotatable bonds is 7. The van der Waals surface area contributed by atoms with Crippen LogP contribution in [0.15, 0.2) is 0 Å². The predicted molar refractivity (Wildman–Crippen MR) is 45.8 cm³/mol. The third-order valence-electron chi connectivity index (χ3n) is 1.68. The molecular weight excluding hydrogens is 156 g/mol. The van der Waals surface area contributed by atoms with Crippen molar-refractivity contribution in [2.24, 2.45) is 0 Å². The summed E-state index contributed by atoms with van der Waals surface area (Å²) in [5.74, 6) is -0.148. The van der Waals surface area contributed by atoms with Gasteiger partial charge in [-0.25, -0.2) is 0 Å². The molecule has 0 aliphatic rings. The van der Waals surface area contributed by atoms with E-state index in [4.69, 9.17) is 0 Å². The minimum absolute atomic E-state index is 0.148. The van der Waals surface area contributed by atoms with Crippen molar-refractivity contribution in [2.75, 3.05) is 7.11 Å². The molecule has 0 N–H and O–H groups in total. The highest BCUT2D eigenvalue weighted by Gasteiger charge is 1.98. The first-order valence-corrected chi connectivity index (χ1v) is 4.31. The van der Waals surface area contributed by atoms with Crippen LogP contribution in [0.1, 0.15) is 38.5 Å². The molecule has 0 unspecified atom stereocenters. The number of hydrogen-bond acceptors (Lipinski definition) is 3. The Morgan fingerprint density at radius 1 is 1.25 bits per heavy atom. The van der Waals surface area contributed by atoms with Gasteiger partial charge in [0.05, 0.1) is 7.11 Å². The first-order chi connectivity index (χ1) is 5.81. The zero-order chi connectivity index (χ0) is 9.23. The molecule has 0 rings (SSSR count). The molecule has 0 atom stereocenters. The van der Waals surface area contributed by atoms with Gasteiger partial charge in [-0.15, -0.1) is 0 Å². The number of carbonyl (C=O) groups is 2. The topological polar surface area (TPSA) is 43.4 Å². The van der Waals surface area contributed by atoms with Crippen LogP contribution in [0.5, 0.6) is 0 Å². The van der Waals surface area contributed by atoms with Crippen molar-refractivity contribution in [3.63, 3.8) is 0 Å². The molecule has 0 heterocycles. The van der Waals surface area contributed by atoms with E-state index in [9.17, 15) is 9.59 Å². The molecule has 12 heavy (non-hydrogen) atoms. The molecule has 0 bridgehead atoms. The molecule has 0 aliphatic heterocycles. The number of esters is 1. The number of carbonyl (C=O) groups excluding carboxylic acids is 2. The lowest BCUT2D eigenvalue weighted by atomic mass is 10.1. The van der Waals surface area contributed by atoms with Crippen LogP contribution in [0.4, 0.5) is 0 Å². The molecule has 0 spiro atoms. The fraction of sp³-hybridized carbons (Fsp3) is 0.778. The van der Waals surface area contributed by atoms with Crippen molar-refractivity contribution in [2.45, 2.75) is 38.5 Å². The van der Waals surface area contributed by atoms with Crippen LogP contribution < -0.4 is 0 Å². The first-order valence-electron chi connectivity index (χ1n) is 4.31. The highest BCUT2D eigenvalue weighted by atomic mass is 16.5. The second-order valence-electron chi connectivity index (χ2n) is 2.70. The standard InChI is InChI=1S/C9H16O3/c1-12-9(11)7-5-3-2-4-6-8-10/h8H,2-7H2,1H3. The highest BCUT2D eigenvalue weighted by Crippen LogP contribution is 2.04. The summed E-state index contributed by atoms with van der Waals surface area (Å²) in [5, 5.41) is 0. The molecule has 0 aliphatic carbocycles. The van der Waals surface area contributed by atoms with E-state index in [0.29, 0.717) is 12.8 Å². The molecule has 0 fully saturated rings. The van der Waals surface area contributed by atoms with Gasteiger partial charge in [0, 0.05) is 12.8 Å². The molecule has 0 saturated heterocycles. The number of ether oxygens (including phenoxy) is 1. The second kappa shape index (κ2) is 8.24. The van der Waals surface area contributed by atoms with Gasteiger partial charge in [-0.1, -0.05) is 12.8 Å². The van der Waals surface area contributed by atoms with E-state index in [1.54, 1.807) is 0 Å². The summed E-state index contributed by atoms with van der Waals surface area (Å²) in [5.41, 5.74) is 0. The van der Waals surface area contributed by atoms with E-state index >= 15 is 0 Å². The van der Waals surface area contributed by atoms with E-state index in [1.807, 2.05) is 0 Å². The smallest absolute Gasteiger partial charge is 0.305 e. The van der Waals surface area contributed by atoms with Gasteiger partial charge in [0.15, 0.2) is 0 Å². The first kappa shape index (κ1) is 11.1. The lowest BCUT2D eigenvalue weighted by Gasteiger charge is -1.98. The Hall–Kier alpha value is -0.860. The minimum atomic E-state index is -0.148. The maximum atomic E-state index is 10.6. The number of aldehydes is 1. The van der Waals surface area contributed by atoms with Crippen molar-refractivity contribution in [1.29, 1.82) is 0 Å². The van der Waals surface area contributed by atoms with Gasteiger partial charge < -0.3 is 9.53 Å². The van der Waals surface area contributed by atoms with E-state index in [0.717, 1.165) is 32.0 Å². The summed E-state index contributed by atoms with van der Waals surface area (Å²) >= 11 is 0. The zero-order valence-electron chi connectivity index (χ0n) is 7.54. The van der Waals surface area contributed by atoms with E-state index < -0.39 is 0 Å². The van der Waals surface area contributed by atoms with Crippen LogP contribution in [0.2, 0.25) is 0 Å². The lowest BCUT2D eigenvalue weighted by Crippen LogP contribution is -1.99. The van der Waals surface area contributed by atoms with Crippen LogP contribution in [0, 0.1) is 0 Å². The molecular formula is C9H16O3. The molecule has 3 nitrogen and oxygen atoms in total. The fourth-order valence-corrected chi connectivity index (χ4v) is 0.953. The molecule has 0 aromatic heterocycles. The predicted octanol–water partition coefficient (Wildman–Crippen LogP) is 1.70. The SMILES string of the molecule is COC(=O)CCCCCCC=O. The van der Waals surface area contributed by atoms with Crippen molar-refractivity contribution in [3.8, 4) is 0 Å². The number of hydrogen-bond donors (Lipinski definition) is 0. The van der Waals surface area contributed by atoms with Gasteiger partial charge in [-0.3, -0.25) is 4.79 Å². The van der Waals surface area contributed by atoms with E-state index in [1.165, 1.54) is 7.11 Å². The Morgan fingerprint density at radius 3 is 2.50 bits per heavy atom. The van der Waals surface area contributed by atoms with Gasteiger partial charge in [-0.05, 0) is 12.8 Å². The highest BCUT2D eigenvalue weighted by molar-refractivity contribution is 5.68. The summed E-state index contributed by atoms with van der Waals surface area (Å²) in [7, 11) is 1.40. The van der Waals surface area contributed by atoms with Crippen LogP contribution in [-0.4, -0.2) is 19.4 Å². The maximum Gasteiger partial charge on any atom is 0.305 e. The van der Waals surface area contributed by atoms with Crippen LogP contribution >= 0.6 is 0 Å². The summed E-state index contributed by atoms with van der Waals surface area (Å²) in [6.45, 7) is 0. The van der Waals surface area contributed by atoms with Crippen molar-refractivity contribution in [3.05, 3.63) is 0 Å². The Kier molecular flexibility index (Phi) is 7.65. The van der Waals surface area contributed by atoms with Crippen LogP contribution in [-0.2, 0) is 14.3 Å². The average molecular weight is 172 g/mol. The minimum Gasteiger partial charge on any atom is -0.469 e. The molecule has 0 aromatic rings. The summed E-state index contributed by atoms with van der Waals surface area (Å²) < 4.78 is 4.48. The molecule has 0 amide bonds. The molecule has 70 valence electrons. The normalized spacial score (nSPS) is 9.42. The zero-order valence-corrected chi connectivity index (χ0v) is 7.54. The van der Waals surface area contributed by atoms with E-state index in [-0.39, 0.29) is 5.97 Å². The number of methoxy groups -OCH3 is 1. The summed E-state index contributed by atoms with van der Waals surface area (Å²) in [4.78, 5) is 20.5. The number of unbranched alkanes of at least 4 members (excludes halogenated alkanes) is 4. The molecule has 0 radical (unpaired) electrons.